The van der Waals surface area contributed by atoms with Crippen LogP contribution in [0.3, 0.4) is 0 Å². The number of hydrogen-bond acceptors (Lipinski definition) is 10. The van der Waals surface area contributed by atoms with Crippen molar-refractivity contribution >= 4 is 34.8 Å². The van der Waals surface area contributed by atoms with Gasteiger partial charge in [0.1, 0.15) is 6.61 Å². The van der Waals surface area contributed by atoms with Gasteiger partial charge in [0.05, 0.1) is 40.5 Å². The Morgan fingerprint density at radius 3 is 2.42 bits per heavy atom. The average molecular weight is 629 g/mol. The number of methoxy groups -OCH3 is 1. The molecule has 2 heterocycles. The Morgan fingerprint density at radius 2 is 1.80 bits per heavy atom. The van der Waals surface area contributed by atoms with Crippen molar-refractivity contribution in [1.29, 1.82) is 0 Å². The molecule has 0 spiro atoms. The number of nitrogens with zero attached hydrogens (tertiary/aromatic N) is 4. The molecule has 12 heteroatoms. The van der Waals surface area contributed by atoms with Crippen LogP contribution in [0.4, 0.5) is 11.4 Å². The Labute approximate surface area is 263 Å². The molecule has 1 aliphatic rings. The van der Waals surface area contributed by atoms with Crippen molar-refractivity contribution in [3.63, 3.8) is 0 Å². The third-order valence-corrected chi connectivity index (χ3v) is 8.25. The highest BCUT2D eigenvalue weighted by molar-refractivity contribution is 7.07. The van der Waals surface area contributed by atoms with E-state index in [4.69, 9.17) is 14.2 Å². The number of nitro groups is 1. The molecule has 4 aromatic rings. The van der Waals surface area contributed by atoms with Crippen molar-refractivity contribution in [2.24, 2.45) is 4.99 Å². The van der Waals surface area contributed by atoms with Crippen molar-refractivity contribution < 1.29 is 23.9 Å². The minimum Gasteiger partial charge on any atom is -0.493 e. The molecule has 0 saturated heterocycles. The van der Waals surface area contributed by atoms with Crippen LogP contribution in [0.15, 0.2) is 87.8 Å². The van der Waals surface area contributed by atoms with Crippen LogP contribution >= 0.6 is 11.3 Å². The first kappa shape index (κ1) is 31.2. The highest BCUT2D eigenvalue weighted by Crippen LogP contribution is 2.32. The summed E-state index contributed by atoms with van der Waals surface area (Å²) in [5.41, 5.74) is 3.76. The molecule has 0 amide bonds. The summed E-state index contributed by atoms with van der Waals surface area (Å²) in [6, 6.07) is 18.4. The third-order valence-electron chi connectivity index (χ3n) is 7.27. The van der Waals surface area contributed by atoms with Crippen LogP contribution in [-0.2, 0) is 16.1 Å². The molecule has 0 aliphatic carbocycles. The summed E-state index contributed by atoms with van der Waals surface area (Å²) in [6.45, 7) is 3.88. The van der Waals surface area contributed by atoms with Gasteiger partial charge in [0.25, 0.3) is 11.2 Å². The van der Waals surface area contributed by atoms with E-state index in [0.29, 0.717) is 37.7 Å². The zero-order valence-corrected chi connectivity index (χ0v) is 26.3. The Hall–Kier alpha value is -5.23. The molecule has 0 unspecified atom stereocenters. The second kappa shape index (κ2) is 13.2. The smallest absolute Gasteiger partial charge is 0.338 e. The summed E-state index contributed by atoms with van der Waals surface area (Å²) in [5.74, 6) is 0.423. The molecule has 0 N–H and O–H groups in total. The molecular formula is C33H32N4O7S. The van der Waals surface area contributed by atoms with Crippen molar-refractivity contribution in [3.05, 3.63) is 124 Å². The molecule has 1 atom stereocenters. The van der Waals surface area contributed by atoms with Crippen LogP contribution in [-0.4, -0.2) is 43.3 Å². The van der Waals surface area contributed by atoms with E-state index in [1.165, 1.54) is 30.6 Å². The number of aromatic nitrogens is 1. The molecule has 0 saturated carbocycles. The second-order valence-corrected chi connectivity index (χ2v) is 11.4. The number of hydrogen-bond donors (Lipinski definition) is 0. The molecular weight excluding hydrogens is 596 g/mol. The number of rotatable bonds is 10. The van der Waals surface area contributed by atoms with E-state index in [2.05, 4.69) is 4.99 Å². The van der Waals surface area contributed by atoms with Gasteiger partial charge in [-0.1, -0.05) is 29.5 Å². The van der Waals surface area contributed by atoms with Gasteiger partial charge < -0.3 is 19.1 Å². The minimum absolute atomic E-state index is 0.00629. The van der Waals surface area contributed by atoms with Gasteiger partial charge in [-0.25, -0.2) is 9.79 Å². The fraction of sp³-hybridized carbons (Fsp3) is 0.242. The van der Waals surface area contributed by atoms with Gasteiger partial charge in [0, 0.05) is 31.9 Å². The molecule has 11 nitrogen and oxygen atoms in total. The van der Waals surface area contributed by atoms with E-state index in [1.54, 1.807) is 54.8 Å². The highest BCUT2D eigenvalue weighted by atomic mass is 32.1. The molecule has 1 aromatic heterocycles. The van der Waals surface area contributed by atoms with Gasteiger partial charge in [0.2, 0.25) is 0 Å². The number of nitro benzene ring substituents is 1. The van der Waals surface area contributed by atoms with Crippen molar-refractivity contribution in [2.75, 3.05) is 32.7 Å². The fourth-order valence-corrected chi connectivity index (χ4v) is 6.03. The maximum absolute atomic E-state index is 14.0. The van der Waals surface area contributed by atoms with E-state index in [-0.39, 0.29) is 24.5 Å². The third kappa shape index (κ3) is 6.50. The van der Waals surface area contributed by atoms with Crippen molar-refractivity contribution in [2.45, 2.75) is 26.5 Å². The Bertz CT molecular complexity index is 1960. The quantitative estimate of drug-likeness (QED) is 0.144. The van der Waals surface area contributed by atoms with Crippen LogP contribution < -0.4 is 29.3 Å². The van der Waals surface area contributed by atoms with Crippen LogP contribution in [0.2, 0.25) is 0 Å². The first-order chi connectivity index (χ1) is 21.6. The van der Waals surface area contributed by atoms with E-state index in [9.17, 15) is 19.7 Å². The normalized spacial score (nSPS) is 14.4. The number of carbonyl (C=O) groups excluding carboxylic acids is 1. The number of thiazole rings is 1. The van der Waals surface area contributed by atoms with Crippen molar-refractivity contribution in [3.8, 4) is 11.5 Å². The number of anilines is 1. The Balaban J connectivity index is 1.50. The van der Waals surface area contributed by atoms with Gasteiger partial charge >= 0.3 is 5.97 Å². The lowest BCUT2D eigenvalue weighted by molar-refractivity contribution is -0.384. The number of allylic oxidation sites excluding steroid dienone is 1. The predicted molar refractivity (Wildman–Crippen MR) is 172 cm³/mol. The lowest BCUT2D eigenvalue weighted by atomic mass is 9.95. The summed E-state index contributed by atoms with van der Waals surface area (Å²) in [7, 11) is 5.41. The zero-order valence-electron chi connectivity index (χ0n) is 25.5. The second-order valence-electron chi connectivity index (χ2n) is 10.4. The molecule has 1 aliphatic heterocycles. The summed E-state index contributed by atoms with van der Waals surface area (Å²) in [4.78, 5) is 44.7. The largest absolute Gasteiger partial charge is 0.493 e. The summed E-state index contributed by atoms with van der Waals surface area (Å²) in [6.07, 6.45) is 1.75. The first-order valence-electron chi connectivity index (χ1n) is 14.1. The highest BCUT2D eigenvalue weighted by Gasteiger charge is 2.33. The van der Waals surface area contributed by atoms with Gasteiger partial charge in [-0.05, 0) is 73.0 Å². The van der Waals surface area contributed by atoms with Gasteiger partial charge in [0.15, 0.2) is 16.3 Å². The van der Waals surface area contributed by atoms with E-state index < -0.39 is 16.9 Å². The Morgan fingerprint density at radius 1 is 1.09 bits per heavy atom. The maximum Gasteiger partial charge on any atom is 0.338 e. The number of esters is 1. The Kier molecular flexibility index (Phi) is 9.14. The first-order valence-corrected chi connectivity index (χ1v) is 14.9. The van der Waals surface area contributed by atoms with Gasteiger partial charge in [-0.3, -0.25) is 19.5 Å². The molecule has 5 rings (SSSR count). The van der Waals surface area contributed by atoms with Crippen LogP contribution in [0.5, 0.6) is 11.5 Å². The van der Waals surface area contributed by atoms with E-state index in [1.807, 2.05) is 43.3 Å². The lowest BCUT2D eigenvalue weighted by Crippen LogP contribution is -2.39. The average Bonchev–Trinajstić information content (AvgIpc) is 3.33. The number of ether oxygens (including phenoxy) is 3. The van der Waals surface area contributed by atoms with Crippen LogP contribution in [0, 0.1) is 10.1 Å². The molecule has 0 radical (unpaired) electrons. The number of benzene rings is 3. The monoisotopic (exact) mass is 628 g/mol. The fourth-order valence-electron chi connectivity index (χ4n) is 4.98. The van der Waals surface area contributed by atoms with Crippen LogP contribution in [0.25, 0.3) is 6.08 Å². The maximum atomic E-state index is 14.0. The number of carbonyl (C=O) groups is 1. The molecule has 232 valence electrons. The minimum atomic E-state index is -0.705. The molecule has 0 fully saturated rings. The summed E-state index contributed by atoms with van der Waals surface area (Å²) >= 11 is 1.24. The summed E-state index contributed by atoms with van der Waals surface area (Å²) < 4.78 is 18.9. The number of fused-ring (bicyclic) bond motifs is 1. The lowest BCUT2D eigenvalue weighted by Gasteiger charge is -2.25. The molecule has 0 bridgehead atoms. The molecule has 45 heavy (non-hydrogen) atoms. The standard InChI is InChI=1S/C33H32N4O7S/c1-6-43-32(39)29-20(2)34-33-36(30(29)23-10-14-24(15-11-23)35(3)4)31(38)28(45-33)18-22-9-16-26(27(17-22)42-5)44-19-21-7-12-25(13-8-21)37(40)41/h7-18,30H,6,19H2,1-5H3/b28-18-/t30-/m0/s1. The number of non-ortho nitro benzene ring substituents is 1. The van der Waals surface area contributed by atoms with E-state index in [0.717, 1.165) is 16.8 Å². The zero-order chi connectivity index (χ0) is 32.2. The van der Waals surface area contributed by atoms with Crippen molar-refractivity contribution in [1.82, 2.24) is 4.57 Å². The predicted octanol–water partition coefficient (Wildman–Crippen LogP) is 4.36. The topological polar surface area (TPSA) is 126 Å². The van der Waals surface area contributed by atoms with E-state index >= 15 is 0 Å². The SMILES string of the molecule is CCOC(=O)C1=C(C)N=c2s/c(=C\c3ccc(OCc4ccc([N+](=O)[O-])cc4)c(OC)c3)c(=O)n2[C@H]1c1ccc(N(C)C)cc1. The van der Waals surface area contributed by atoms with Gasteiger partial charge in [-0.2, -0.15) is 0 Å². The van der Waals surface area contributed by atoms with Crippen LogP contribution in [0.1, 0.15) is 36.6 Å². The van der Waals surface area contributed by atoms with Gasteiger partial charge in [-0.15, -0.1) is 0 Å². The molecule has 3 aromatic carbocycles. The summed E-state index contributed by atoms with van der Waals surface area (Å²) in [5, 5.41) is 10.9.